The molecule has 0 bridgehead atoms. The van der Waals surface area contributed by atoms with E-state index in [0.29, 0.717) is 6.42 Å². The molecule has 12 atom stereocenters. The third-order valence-electron chi connectivity index (χ3n) is 16.7. The molecule has 0 aromatic rings. The van der Waals surface area contributed by atoms with Crippen LogP contribution in [0.1, 0.15) is 163 Å². The molecule has 0 radical (unpaired) electrons. The highest BCUT2D eigenvalue weighted by Gasteiger charge is 2.52. The number of rotatable bonds is 15. The molecule has 1 unspecified atom stereocenters. The van der Waals surface area contributed by atoms with Crippen LogP contribution in [0.2, 0.25) is 0 Å². The first-order valence-corrected chi connectivity index (χ1v) is 30.9. The van der Waals surface area contributed by atoms with Crippen molar-refractivity contribution in [3.63, 3.8) is 0 Å². The zero-order chi connectivity index (χ0) is 66.9. The van der Waals surface area contributed by atoms with Gasteiger partial charge in [-0.3, -0.25) is 52.7 Å². The molecule has 11 amide bonds. The summed E-state index contributed by atoms with van der Waals surface area (Å²) in [7, 11) is 9.93. The SMILES string of the molecule is C/C=C/C[C@@H](C)[C@@H](O)[C@@]1(C)C(=O)N[C@@H](CC)C(=O)N(C)CC(=O)N(C)[C@@H](CC(C)C)C(=O)N[C@@H](C(C)C)C(=O)N(C)[C@@H](CC(C)C)C(=O)N[C@@H](C)C(=O)N[C@H](C)C(=O)N(C)[C@H](CC(C)C)C(=O)N(C)C(CC(C)C)C(=O)N(C)[C@@H](C(C)C)C(=O)N1C. The normalized spacial score (nSPS) is 27.6. The van der Waals surface area contributed by atoms with E-state index in [1.165, 1.54) is 94.6 Å². The van der Waals surface area contributed by atoms with Gasteiger partial charge in [-0.1, -0.05) is 109 Å². The second-order valence-electron chi connectivity index (χ2n) is 26.7. The summed E-state index contributed by atoms with van der Waals surface area (Å²) < 4.78 is 0. The standard InChI is InChI=1S/C63H113N11O12/c1-26-28-29-41(15)52(76)63(18)62(86)66-44(27-2)57(81)68(19)34-49(75)69(20)45(30-35(3)4)55(79)67-50(39(11)12)60(84)70(21)46(31-36(5)6)54(78)64-42(16)53(77)65-43(17)56(80)71(22)47(32-37(7)8)58(82)72(23)48(33-38(9)10)59(83)73(24)51(40(13)14)61(85)74(63)25/h26,28,35-48,50-52,76H,27,29-34H2,1-25H3,(H,64,78)(H,65,77)(H,66,86)(H,67,79)/b28-26+/t41-,42+,43-,44+,45+,46+,47-,48?,50+,51+,52-,63+/m1/s1. The Hall–Kier alpha value is -6.13. The van der Waals surface area contributed by atoms with Crippen molar-refractivity contribution in [2.45, 2.75) is 229 Å². The molecule has 0 aromatic carbocycles. The van der Waals surface area contributed by atoms with Gasteiger partial charge in [0.25, 0.3) is 0 Å². The van der Waals surface area contributed by atoms with Crippen LogP contribution < -0.4 is 21.3 Å². The number of allylic oxidation sites excluding steroid dienone is 2. The maximum Gasteiger partial charge on any atom is 0.249 e. The predicted molar refractivity (Wildman–Crippen MR) is 333 cm³/mol. The first kappa shape index (κ1) is 77.9. The van der Waals surface area contributed by atoms with Gasteiger partial charge >= 0.3 is 0 Å². The van der Waals surface area contributed by atoms with Crippen molar-refractivity contribution < 1.29 is 57.8 Å². The van der Waals surface area contributed by atoms with E-state index < -0.39 is 155 Å². The minimum absolute atomic E-state index is 0.0123. The largest absolute Gasteiger partial charge is 0.390 e. The van der Waals surface area contributed by atoms with Crippen molar-refractivity contribution in [3.05, 3.63) is 12.2 Å². The van der Waals surface area contributed by atoms with Crippen LogP contribution in [-0.4, -0.2) is 226 Å². The van der Waals surface area contributed by atoms with Crippen LogP contribution in [-0.2, 0) is 52.7 Å². The second-order valence-corrected chi connectivity index (χ2v) is 26.7. The Kier molecular flexibility index (Phi) is 31.2. The van der Waals surface area contributed by atoms with Crippen molar-refractivity contribution >= 4 is 65.0 Å². The van der Waals surface area contributed by atoms with Gasteiger partial charge in [-0.05, 0) is 108 Å². The molecule has 1 fully saturated rings. The van der Waals surface area contributed by atoms with Crippen molar-refractivity contribution in [2.75, 3.05) is 55.9 Å². The molecule has 1 rings (SSSR count). The lowest BCUT2D eigenvalue weighted by Crippen LogP contribution is -2.69. The molecule has 86 heavy (non-hydrogen) atoms. The highest BCUT2D eigenvalue weighted by Crippen LogP contribution is 2.31. The van der Waals surface area contributed by atoms with E-state index in [1.807, 2.05) is 61.5 Å². The molecule has 492 valence electrons. The highest BCUT2D eigenvalue weighted by atomic mass is 16.3. The molecule has 1 aliphatic heterocycles. The van der Waals surface area contributed by atoms with E-state index in [0.717, 1.165) is 9.80 Å². The Morgan fingerprint density at radius 3 is 1.37 bits per heavy atom. The zero-order valence-corrected chi connectivity index (χ0v) is 57.0. The monoisotopic (exact) mass is 1220 g/mol. The van der Waals surface area contributed by atoms with E-state index in [-0.39, 0.29) is 55.8 Å². The lowest BCUT2D eigenvalue weighted by Gasteiger charge is -2.46. The quantitative estimate of drug-likeness (QED) is 0.147. The summed E-state index contributed by atoms with van der Waals surface area (Å²) in [4.78, 5) is 169. The van der Waals surface area contributed by atoms with Crippen LogP contribution in [0.5, 0.6) is 0 Å². The van der Waals surface area contributed by atoms with Gasteiger partial charge in [0, 0.05) is 49.3 Å². The lowest BCUT2D eigenvalue weighted by atomic mass is 9.81. The van der Waals surface area contributed by atoms with Gasteiger partial charge in [0.2, 0.25) is 65.0 Å². The van der Waals surface area contributed by atoms with E-state index in [2.05, 4.69) is 21.3 Å². The lowest BCUT2D eigenvalue weighted by molar-refractivity contribution is -0.163. The number of carbonyl (C=O) groups excluding carboxylic acids is 11. The van der Waals surface area contributed by atoms with Gasteiger partial charge in [-0.2, -0.15) is 0 Å². The zero-order valence-electron chi connectivity index (χ0n) is 57.0. The summed E-state index contributed by atoms with van der Waals surface area (Å²) in [6.45, 7) is 30.7. The molecule has 5 N–H and O–H groups in total. The third kappa shape index (κ3) is 20.5. The first-order valence-electron chi connectivity index (χ1n) is 30.9. The Bertz CT molecular complexity index is 2380. The average Bonchev–Trinajstić information content (AvgIpc) is 1.34. The molecule has 1 saturated heterocycles. The Morgan fingerprint density at radius 1 is 0.512 bits per heavy atom. The number of hydrogen-bond acceptors (Lipinski definition) is 12. The van der Waals surface area contributed by atoms with E-state index >= 15 is 14.4 Å². The number of hydrogen-bond donors (Lipinski definition) is 5. The fourth-order valence-electron chi connectivity index (χ4n) is 11.0. The van der Waals surface area contributed by atoms with E-state index in [4.69, 9.17) is 0 Å². The summed E-state index contributed by atoms with van der Waals surface area (Å²) in [6.07, 6.45) is 2.96. The van der Waals surface area contributed by atoms with Gasteiger partial charge in [0.1, 0.15) is 59.9 Å². The van der Waals surface area contributed by atoms with E-state index in [1.54, 1.807) is 54.5 Å². The van der Waals surface area contributed by atoms with Crippen molar-refractivity contribution in [2.24, 2.45) is 41.4 Å². The third-order valence-corrected chi connectivity index (χ3v) is 16.7. The number of aliphatic hydroxyl groups excluding tert-OH is 1. The predicted octanol–water partition coefficient (Wildman–Crippen LogP) is 3.66. The van der Waals surface area contributed by atoms with Crippen molar-refractivity contribution in [1.82, 2.24) is 55.6 Å². The summed E-state index contributed by atoms with van der Waals surface area (Å²) in [5.74, 6) is -9.82. The van der Waals surface area contributed by atoms with Gasteiger partial charge in [0.05, 0.1) is 12.6 Å². The second kappa shape index (κ2) is 34.4. The number of amides is 11. The first-order chi connectivity index (χ1) is 39.6. The highest BCUT2D eigenvalue weighted by molar-refractivity contribution is 6.00. The Labute approximate surface area is 515 Å². The maximum atomic E-state index is 15.3. The minimum Gasteiger partial charge on any atom is -0.390 e. The van der Waals surface area contributed by atoms with Crippen LogP contribution in [0.15, 0.2) is 12.2 Å². The maximum absolute atomic E-state index is 15.3. The van der Waals surface area contributed by atoms with Crippen LogP contribution in [0.3, 0.4) is 0 Å². The number of nitrogens with one attached hydrogen (secondary N) is 4. The van der Waals surface area contributed by atoms with Crippen LogP contribution in [0.25, 0.3) is 0 Å². The Balaban J connectivity index is 4.38. The summed E-state index contributed by atoms with van der Waals surface area (Å²) >= 11 is 0. The smallest absolute Gasteiger partial charge is 0.249 e. The topological polar surface area (TPSA) is 279 Å². The van der Waals surface area contributed by atoms with Gasteiger partial charge < -0.3 is 60.7 Å². The number of likely N-dealkylation sites (N-methyl/N-ethyl adjacent to an activating group) is 7. The van der Waals surface area contributed by atoms with Crippen LogP contribution >= 0.6 is 0 Å². The summed E-state index contributed by atoms with van der Waals surface area (Å²) in [6, 6.07) is -10.8. The van der Waals surface area contributed by atoms with Crippen LogP contribution in [0.4, 0.5) is 0 Å². The minimum atomic E-state index is -2.10. The number of aliphatic hydroxyl groups is 1. The molecular formula is C63H113N11O12. The molecule has 0 aromatic heterocycles. The number of nitrogens with zero attached hydrogens (tertiary/aromatic N) is 7. The number of carbonyl (C=O) groups is 11. The molecule has 1 heterocycles. The summed E-state index contributed by atoms with van der Waals surface area (Å²) in [5, 5.41) is 23.4. The van der Waals surface area contributed by atoms with Crippen LogP contribution in [0, 0.1) is 41.4 Å². The van der Waals surface area contributed by atoms with Crippen molar-refractivity contribution in [1.29, 1.82) is 0 Å². The Morgan fingerprint density at radius 2 is 0.930 bits per heavy atom. The summed E-state index contributed by atoms with van der Waals surface area (Å²) in [5.41, 5.74) is -2.10. The molecule has 0 saturated carbocycles. The average molecular weight is 1220 g/mol. The molecular weight excluding hydrogens is 1100 g/mol. The molecule has 23 heteroatoms. The molecule has 1 aliphatic rings. The van der Waals surface area contributed by atoms with E-state index in [9.17, 15) is 43.5 Å². The fraction of sp³-hybridized carbons (Fsp3) is 0.794. The molecule has 0 aliphatic carbocycles. The molecule has 23 nitrogen and oxygen atoms in total. The molecule has 0 spiro atoms. The van der Waals surface area contributed by atoms with Gasteiger partial charge in [-0.25, -0.2) is 0 Å². The van der Waals surface area contributed by atoms with Gasteiger partial charge in [-0.15, -0.1) is 0 Å². The van der Waals surface area contributed by atoms with Gasteiger partial charge in [0.15, 0.2) is 0 Å². The fourth-order valence-corrected chi connectivity index (χ4v) is 11.0. The van der Waals surface area contributed by atoms with Crippen molar-refractivity contribution in [3.8, 4) is 0 Å².